The Morgan fingerprint density at radius 3 is 1.41 bits per heavy atom. The third-order valence-corrected chi connectivity index (χ3v) is 10.0. The molecule has 0 saturated carbocycles. The molecule has 7 aromatic rings. The molecule has 0 aliphatic rings. The van der Waals surface area contributed by atoms with Gasteiger partial charge in [0.25, 0.3) is 0 Å². The van der Waals surface area contributed by atoms with Crippen molar-refractivity contribution in [2.24, 2.45) is 0 Å². The number of hydrogen-bond acceptors (Lipinski definition) is 3. The van der Waals surface area contributed by atoms with Crippen molar-refractivity contribution in [1.29, 1.82) is 0 Å². The molecular formula is C57H64NO2Zr+. The molecule has 0 spiro atoms. The standard InChI is InChI=1S/C36H43NO2.3C7H7.Zr/c1-7-27-20-21-34(33(24-27)32-19-12-18-31(36(32)38)28-14-9-8-10-15-28)39-23-13-22-37(6)35-29(25(2)3)16-11-17-30(35)26(4)5;3*1-7-5-3-2-4-6-7;/h8-12,14-21,24-26,38H,7,13,22-23H2,1-6H3;3*2-6H,1H2;/q;3*-1;+4. The van der Waals surface area contributed by atoms with E-state index < -0.39 is 0 Å². The van der Waals surface area contributed by atoms with Gasteiger partial charge < -0.3 is 14.7 Å². The van der Waals surface area contributed by atoms with Crippen LogP contribution >= 0.6 is 0 Å². The summed E-state index contributed by atoms with van der Waals surface area (Å²) in [6.07, 6.45) is 1.82. The Balaban J connectivity index is 0.000000362. The minimum Gasteiger partial charge on any atom is -0.507 e. The number of anilines is 1. The zero-order valence-electron chi connectivity index (χ0n) is 37.2. The molecule has 0 aliphatic carbocycles. The van der Waals surface area contributed by atoms with Crippen molar-refractivity contribution in [1.82, 2.24) is 0 Å². The maximum atomic E-state index is 11.3. The van der Waals surface area contributed by atoms with Crippen LogP contribution in [-0.2, 0) is 32.6 Å². The summed E-state index contributed by atoms with van der Waals surface area (Å²) in [6, 6.07) is 58.6. The van der Waals surface area contributed by atoms with Crippen LogP contribution in [0.4, 0.5) is 5.69 Å². The Bertz CT molecular complexity index is 2140. The molecule has 7 aromatic carbocycles. The number of hydrogen-bond donors (Lipinski definition) is 1. The van der Waals surface area contributed by atoms with Crippen LogP contribution in [0.5, 0.6) is 11.5 Å². The molecule has 3 nitrogen and oxygen atoms in total. The Morgan fingerprint density at radius 1 is 0.541 bits per heavy atom. The van der Waals surface area contributed by atoms with Crippen LogP contribution in [0.3, 0.4) is 0 Å². The molecule has 0 fully saturated rings. The van der Waals surface area contributed by atoms with Crippen molar-refractivity contribution >= 4 is 5.69 Å². The van der Waals surface area contributed by atoms with Crippen molar-refractivity contribution in [3.05, 3.63) is 230 Å². The maximum Gasteiger partial charge on any atom is 4.00 e. The second-order valence-electron chi connectivity index (χ2n) is 15.4. The van der Waals surface area contributed by atoms with E-state index in [4.69, 9.17) is 4.74 Å². The number of para-hydroxylation sites is 2. The summed E-state index contributed by atoms with van der Waals surface area (Å²) in [4.78, 5) is 2.39. The Labute approximate surface area is 387 Å². The van der Waals surface area contributed by atoms with Gasteiger partial charge in [0.2, 0.25) is 0 Å². The summed E-state index contributed by atoms with van der Waals surface area (Å²) >= 11 is 0. The smallest absolute Gasteiger partial charge is 0.507 e. The third kappa shape index (κ3) is 16.1. The largest absolute Gasteiger partial charge is 4.00 e. The van der Waals surface area contributed by atoms with Gasteiger partial charge in [0.15, 0.2) is 0 Å². The van der Waals surface area contributed by atoms with Crippen LogP contribution in [0.15, 0.2) is 176 Å². The van der Waals surface area contributed by atoms with Gasteiger partial charge in [-0.2, -0.15) is 73.9 Å². The van der Waals surface area contributed by atoms with Crippen LogP contribution in [0, 0.1) is 20.8 Å². The summed E-state index contributed by atoms with van der Waals surface area (Å²) in [6.45, 7) is 23.9. The second-order valence-corrected chi connectivity index (χ2v) is 15.4. The van der Waals surface area contributed by atoms with Crippen molar-refractivity contribution < 1.29 is 36.0 Å². The molecule has 0 aliphatic heterocycles. The molecule has 0 heterocycles. The van der Waals surface area contributed by atoms with Gasteiger partial charge in [-0.15, -0.1) is 36.4 Å². The van der Waals surface area contributed by atoms with E-state index in [0.29, 0.717) is 18.4 Å². The molecule has 0 aromatic heterocycles. The quantitative estimate of drug-likeness (QED) is 0.104. The maximum absolute atomic E-state index is 11.3. The van der Waals surface area contributed by atoms with Crippen molar-refractivity contribution in [3.8, 4) is 33.8 Å². The van der Waals surface area contributed by atoms with Gasteiger partial charge in [-0.3, -0.25) is 0 Å². The molecule has 0 atom stereocenters. The Hall–Kier alpha value is -5.57. The molecule has 0 unspecified atom stereocenters. The number of phenols is 1. The first-order valence-electron chi connectivity index (χ1n) is 21.1. The van der Waals surface area contributed by atoms with Gasteiger partial charge in [0.05, 0.1) is 6.61 Å². The number of aromatic hydroxyl groups is 1. The van der Waals surface area contributed by atoms with E-state index in [1.54, 1.807) is 0 Å². The first-order valence-corrected chi connectivity index (χ1v) is 21.1. The number of ether oxygens (including phenoxy) is 1. The monoisotopic (exact) mass is 884 g/mol. The van der Waals surface area contributed by atoms with Crippen LogP contribution < -0.4 is 9.64 Å². The van der Waals surface area contributed by atoms with E-state index in [2.05, 4.69) is 104 Å². The average molecular weight is 886 g/mol. The average Bonchev–Trinajstić information content (AvgIpc) is 3.26. The van der Waals surface area contributed by atoms with Crippen LogP contribution in [0.2, 0.25) is 0 Å². The SMILES string of the molecule is CCc1ccc(OCCCN(C)c2c(C(C)C)cccc2C(C)C)c(-c2cccc(-c3ccccc3)c2O)c1.[CH2-]c1ccccc1.[CH2-]c1ccccc1.[CH2-]c1ccccc1.[Zr+4]. The zero-order valence-corrected chi connectivity index (χ0v) is 39.6. The Morgan fingerprint density at radius 2 is 0.984 bits per heavy atom. The molecule has 7 rings (SSSR count). The molecule has 4 heteroatoms. The fraction of sp³-hybridized carbons (Fsp3) is 0.211. The predicted molar refractivity (Wildman–Crippen MR) is 259 cm³/mol. The van der Waals surface area contributed by atoms with Crippen LogP contribution in [0.25, 0.3) is 22.3 Å². The van der Waals surface area contributed by atoms with Gasteiger partial charge in [0, 0.05) is 36.0 Å². The van der Waals surface area contributed by atoms with Gasteiger partial charge >= 0.3 is 26.2 Å². The molecule has 0 bridgehead atoms. The van der Waals surface area contributed by atoms with E-state index in [0.717, 1.165) is 64.1 Å². The topological polar surface area (TPSA) is 32.7 Å². The number of nitrogens with zero attached hydrogens (tertiary/aromatic N) is 1. The summed E-state index contributed by atoms with van der Waals surface area (Å²) in [5.41, 5.74) is 12.1. The summed E-state index contributed by atoms with van der Waals surface area (Å²) in [7, 11) is 2.20. The Kier molecular flexibility index (Phi) is 21.7. The van der Waals surface area contributed by atoms with Gasteiger partial charge in [-0.1, -0.05) is 126 Å². The van der Waals surface area contributed by atoms with Gasteiger partial charge in [-0.05, 0) is 59.1 Å². The molecule has 1 N–H and O–H groups in total. The van der Waals surface area contributed by atoms with Crippen molar-refractivity contribution in [3.63, 3.8) is 0 Å². The minimum absolute atomic E-state index is 0. The van der Waals surface area contributed by atoms with E-state index in [1.807, 2.05) is 140 Å². The summed E-state index contributed by atoms with van der Waals surface area (Å²) in [5, 5.41) is 11.3. The minimum atomic E-state index is 0. The van der Waals surface area contributed by atoms with Crippen LogP contribution in [0.1, 0.15) is 86.3 Å². The number of benzene rings is 7. The molecular weight excluding hydrogens is 822 g/mol. The van der Waals surface area contributed by atoms with E-state index in [1.165, 1.54) is 22.4 Å². The number of aryl methyl sites for hydroxylation is 1. The molecule has 0 radical (unpaired) electrons. The molecule has 312 valence electrons. The van der Waals surface area contributed by atoms with E-state index in [-0.39, 0.29) is 32.0 Å². The molecule has 0 amide bonds. The molecule has 61 heavy (non-hydrogen) atoms. The molecule has 0 saturated heterocycles. The number of phenolic OH excluding ortho intramolecular Hbond substituents is 1. The number of rotatable bonds is 11. The van der Waals surface area contributed by atoms with E-state index >= 15 is 0 Å². The summed E-state index contributed by atoms with van der Waals surface area (Å²) in [5.74, 6) is 2.03. The van der Waals surface area contributed by atoms with Gasteiger partial charge in [-0.25, -0.2) is 0 Å². The zero-order chi connectivity index (χ0) is 43.3. The first-order chi connectivity index (χ1) is 29.0. The van der Waals surface area contributed by atoms with Crippen molar-refractivity contribution in [2.75, 3.05) is 25.1 Å². The summed E-state index contributed by atoms with van der Waals surface area (Å²) < 4.78 is 6.40. The fourth-order valence-electron chi connectivity index (χ4n) is 6.73. The fourth-order valence-corrected chi connectivity index (χ4v) is 6.73. The van der Waals surface area contributed by atoms with E-state index in [9.17, 15) is 5.11 Å². The second kappa shape index (κ2) is 26.6. The van der Waals surface area contributed by atoms with Gasteiger partial charge in [0.1, 0.15) is 11.5 Å². The predicted octanol–water partition coefficient (Wildman–Crippen LogP) is 15.0. The van der Waals surface area contributed by atoms with Crippen molar-refractivity contribution in [2.45, 2.75) is 59.3 Å². The first kappa shape index (κ1) is 49.8. The third-order valence-electron chi connectivity index (χ3n) is 10.0. The van der Waals surface area contributed by atoms with Crippen LogP contribution in [-0.4, -0.2) is 25.3 Å². The normalized spacial score (nSPS) is 10.2.